The number of nitrogens with one attached hydrogen (secondary N) is 4. The van der Waals surface area contributed by atoms with Gasteiger partial charge in [-0.3, -0.25) is 33.3 Å². The number of phosphoric acid groups is 1. The Morgan fingerprint density at radius 3 is 2.15 bits per heavy atom. The number of carbonyl (C=O) groups is 6. The van der Waals surface area contributed by atoms with Gasteiger partial charge >= 0.3 is 7.82 Å². The van der Waals surface area contributed by atoms with Gasteiger partial charge in [-0.05, 0) is 79.7 Å². The van der Waals surface area contributed by atoms with Crippen molar-refractivity contribution < 1.29 is 62.2 Å². The number of likely N-dealkylation sites (tertiary alicyclic amines) is 1. The smallest absolute Gasteiger partial charge is 0.394 e. The lowest BCUT2D eigenvalue weighted by Crippen LogP contribution is -2.61. The molecule has 1 fully saturated rings. The van der Waals surface area contributed by atoms with E-state index >= 15 is 0 Å². The lowest BCUT2D eigenvalue weighted by atomic mass is 10.0. The first-order valence-corrected chi connectivity index (χ1v) is 21.9. The Morgan fingerprint density at radius 1 is 0.951 bits per heavy atom. The van der Waals surface area contributed by atoms with Crippen LogP contribution >= 0.6 is 7.82 Å². The predicted molar refractivity (Wildman–Crippen MR) is 221 cm³/mol. The Labute approximate surface area is 357 Å². The number of aromatic nitrogens is 2. The minimum Gasteiger partial charge on any atom is -0.394 e. The molecule has 2 heterocycles. The summed E-state index contributed by atoms with van der Waals surface area (Å²) in [5.41, 5.74) is 10.5. The quantitative estimate of drug-likeness (QED) is 0.0490. The number of hydrogen-bond acceptors (Lipinski definition) is 13. The minimum atomic E-state index is -5.12. The first-order valence-electron chi connectivity index (χ1n) is 20.4. The number of phosphoric ester groups is 1. The average Bonchev–Trinajstić information content (AvgIpc) is 3.82. The molecule has 6 amide bonds. The number of primary amides is 1. The van der Waals surface area contributed by atoms with Crippen LogP contribution in [0.2, 0.25) is 0 Å². The number of ether oxygens (including phenoxy) is 2. The molecule has 1 aliphatic rings. The summed E-state index contributed by atoms with van der Waals surface area (Å²) >= 11 is 0. The lowest BCUT2D eigenvalue weighted by Gasteiger charge is -2.31. The number of amides is 6. The van der Waals surface area contributed by atoms with E-state index in [4.69, 9.17) is 20.9 Å². The third-order valence-electron chi connectivity index (χ3n) is 9.52. The van der Waals surface area contributed by atoms with Gasteiger partial charge in [-0.15, -0.1) is 0 Å². The van der Waals surface area contributed by atoms with Crippen LogP contribution in [0.25, 0.3) is 0 Å². The van der Waals surface area contributed by atoms with Crippen molar-refractivity contribution in [3.63, 3.8) is 0 Å². The van der Waals surface area contributed by atoms with E-state index < -0.39 is 85.9 Å². The summed E-state index contributed by atoms with van der Waals surface area (Å²) < 4.78 is 29.4. The maximum absolute atomic E-state index is 14.1. The minimum absolute atomic E-state index is 0.0214. The second-order valence-electron chi connectivity index (χ2n) is 17.1. The molecule has 0 radical (unpaired) electrons. The van der Waals surface area contributed by atoms with Gasteiger partial charge in [0.05, 0.1) is 49.9 Å². The molecule has 2 rings (SSSR count). The number of aryl methyl sites for hydroxylation is 1. The summed E-state index contributed by atoms with van der Waals surface area (Å²) in [6.45, 7) is 14.8. The Morgan fingerprint density at radius 2 is 1.57 bits per heavy atom. The van der Waals surface area contributed by atoms with E-state index in [-0.39, 0.29) is 43.3 Å². The van der Waals surface area contributed by atoms with Crippen LogP contribution in [0.15, 0.2) is 12.5 Å². The molecule has 2 unspecified atom stereocenters. The van der Waals surface area contributed by atoms with Gasteiger partial charge in [-0.2, -0.15) is 0 Å². The molecule has 0 saturated carbocycles. The van der Waals surface area contributed by atoms with Crippen molar-refractivity contribution in [1.82, 2.24) is 35.7 Å². The third kappa shape index (κ3) is 18.9. The maximum atomic E-state index is 14.1. The topological polar surface area (TPSA) is 329 Å². The van der Waals surface area contributed by atoms with E-state index in [1.165, 1.54) is 17.4 Å². The fourth-order valence-electron chi connectivity index (χ4n) is 6.39. The molecule has 6 atom stereocenters. The van der Waals surface area contributed by atoms with Crippen LogP contribution in [0, 0.1) is 5.92 Å². The highest BCUT2D eigenvalue weighted by Crippen LogP contribution is 2.38. The van der Waals surface area contributed by atoms with Gasteiger partial charge in [-0.1, -0.05) is 13.8 Å². The van der Waals surface area contributed by atoms with E-state index in [9.17, 15) is 48.2 Å². The molecule has 23 heteroatoms. The van der Waals surface area contributed by atoms with Gasteiger partial charge < -0.3 is 66.6 Å². The normalized spacial score (nSPS) is 17.3. The predicted octanol–water partition coefficient (Wildman–Crippen LogP) is -1.27. The molecule has 348 valence electrons. The van der Waals surface area contributed by atoms with Crippen LogP contribution in [0.3, 0.4) is 0 Å². The standard InChI is InChI=1S/C38H68N9O13P/c1-23(2)17-26(43-36(54)29-11-9-15-47(29)30(49)12-16-58-38(7,8)21-59-37(4,5)6)33(51)42-27(18-25-19-41-22-46(25)14-10-13-39)34(52)44-28(20-48)35(53)45-31(32(40)50)24(3)60-61(55,56)57/h19,22-24,26-29,31,48H,9-18,20-21,39H2,1-8H3,(H2,40,50)(H,42,51)(H,43,54)(H,44,52)(H,45,53)(H2,55,56,57)/t24-,26+,27+,28?,29?,31+/m1/s1. The first-order chi connectivity index (χ1) is 28.3. The van der Waals surface area contributed by atoms with Crippen molar-refractivity contribution in [2.45, 2.75) is 148 Å². The maximum Gasteiger partial charge on any atom is 0.469 e. The Hall–Kier alpha value is -4.02. The van der Waals surface area contributed by atoms with Crippen molar-refractivity contribution in [3.05, 3.63) is 18.2 Å². The fourth-order valence-corrected chi connectivity index (χ4v) is 6.94. The molecule has 1 saturated heterocycles. The van der Waals surface area contributed by atoms with E-state index in [0.29, 0.717) is 51.2 Å². The van der Waals surface area contributed by atoms with Crippen molar-refractivity contribution >= 4 is 43.3 Å². The fraction of sp³-hybridized carbons (Fsp3) is 0.763. The van der Waals surface area contributed by atoms with Crippen LogP contribution in [-0.4, -0.2) is 145 Å². The van der Waals surface area contributed by atoms with E-state index in [2.05, 4.69) is 30.8 Å². The van der Waals surface area contributed by atoms with Gasteiger partial charge in [0.2, 0.25) is 35.4 Å². The molecular formula is C38H68N9O13P. The summed E-state index contributed by atoms with van der Waals surface area (Å²) in [7, 11) is -5.12. The van der Waals surface area contributed by atoms with Crippen molar-refractivity contribution in [1.29, 1.82) is 0 Å². The van der Waals surface area contributed by atoms with Crippen LogP contribution in [-0.2, 0) is 60.3 Å². The van der Waals surface area contributed by atoms with Crippen LogP contribution < -0.4 is 32.7 Å². The SMILES string of the molecule is CC(C)C[C@H](NC(=O)C1CCCN1C(=O)CCOC(C)(C)COC(C)(C)C)C(=O)N[C@@H](Cc1cncn1CCCN)C(=O)NC(CO)C(=O)N[C@H](C(N)=O)[C@@H](C)OP(=O)(O)O. The van der Waals surface area contributed by atoms with Crippen LogP contribution in [0.1, 0.15) is 93.2 Å². The van der Waals surface area contributed by atoms with Gasteiger partial charge in [0.15, 0.2) is 0 Å². The molecule has 11 N–H and O–H groups in total. The van der Waals surface area contributed by atoms with Crippen LogP contribution in [0.5, 0.6) is 0 Å². The first kappa shape index (κ1) is 53.1. The van der Waals surface area contributed by atoms with Crippen LogP contribution in [0.4, 0.5) is 0 Å². The summed E-state index contributed by atoms with van der Waals surface area (Å²) in [6.07, 6.45) is 2.85. The summed E-state index contributed by atoms with van der Waals surface area (Å²) in [6, 6.07) is -6.99. The Balaban J connectivity index is 2.29. The molecule has 0 aromatic carbocycles. The number of rotatable bonds is 26. The molecule has 61 heavy (non-hydrogen) atoms. The second-order valence-corrected chi connectivity index (χ2v) is 18.3. The van der Waals surface area contributed by atoms with E-state index in [0.717, 1.165) is 6.92 Å². The monoisotopic (exact) mass is 889 g/mol. The second kappa shape index (κ2) is 24.0. The number of aliphatic hydroxyl groups is 1. The van der Waals surface area contributed by atoms with Gasteiger partial charge in [0, 0.05) is 31.4 Å². The number of nitrogens with zero attached hydrogens (tertiary/aromatic N) is 3. The highest BCUT2D eigenvalue weighted by molar-refractivity contribution is 7.46. The molecule has 0 aliphatic carbocycles. The summed E-state index contributed by atoms with van der Waals surface area (Å²) in [4.78, 5) is 104. The van der Waals surface area contributed by atoms with E-state index in [1.807, 2.05) is 48.5 Å². The zero-order valence-electron chi connectivity index (χ0n) is 36.5. The highest BCUT2D eigenvalue weighted by atomic mass is 31.2. The number of imidazole rings is 1. The number of hydrogen-bond donors (Lipinski definition) is 9. The van der Waals surface area contributed by atoms with Gasteiger partial charge in [0.25, 0.3) is 0 Å². The highest BCUT2D eigenvalue weighted by Gasteiger charge is 2.38. The number of nitrogens with two attached hydrogens (primary N) is 2. The molecule has 22 nitrogen and oxygen atoms in total. The molecule has 0 bridgehead atoms. The largest absolute Gasteiger partial charge is 0.469 e. The summed E-state index contributed by atoms with van der Waals surface area (Å²) in [5, 5.41) is 20.0. The Bertz CT molecular complexity index is 1680. The Kier molecular flexibility index (Phi) is 20.9. The van der Waals surface area contributed by atoms with Gasteiger partial charge in [-0.25, -0.2) is 9.55 Å². The van der Waals surface area contributed by atoms with Gasteiger partial charge in [0.1, 0.15) is 30.2 Å². The number of carbonyl (C=O) groups excluding carboxylic acids is 6. The zero-order chi connectivity index (χ0) is 46.3. The van der Waals surface area contributed by atoms with Crippen molar-refractivity contribution in [2.24, 2.45) is 17.4 Å². The zero-order valence-corrected chi connectivity index (χ0v) is 37.4. The van der Waals surface area contributed by atoms with Crippen molar-refractivity contribution in [2.75, 3.05) is 32.9 Å². The summed E-state index contributed by atoms with van der Waals surface area (Å²) in [5.74, 6) is -5.06. The molecule has 0 spiro atoms. The number of aliphatic hydroxyl groups excluding tert-OH is 1. The van der Waals surface area contributed by atoms with Crippen molar-refractivity contribution in [3.8, 4) is 0 Å². The molecule has 1 aromatic heterocycles. The molecular weight excluding hydrogens is 821 g/mol. The lowest BCUT2D eigenvalue weighted by molar-refractivity contribution is -0.143. The van der Waals surface area contributed by atoms with E-state index in [1.54, 1.807) is 4.57 Å². The average molecular weight is 890 g/mol. The molecule has 1 aromatic rings. The molecule has 1 aliphatic heterocycles. The third-order valence-corrected chi connectivity index (χ3v) is 10.1.